The van der Waals surface area contributed by atoms with Gasteiger partial charge in [0.25, 0.3) is 5.65 Å². The summed E-state index contributed by atoms with van der Waals surface area (Å²) in [5, 5.41) is 19.9. The van der Waals surface area contributed by atoms with Gasteiger partial charge in [-0.15, -0.1) is 0 Å². The molecule has 2 fully saturated rings. The third kappa shape index (κ3) is 4.69. The van der Waals surface area contributed by atoms with E-state index in [4.69, 9.17) is 4.74 Å². The van der Waals surface area contributed by atoms with Crippen molar-refractivity contribution in [3.63, 3.8) is 0 Å². The molecule has 186 valence electrons. The number of hydrogen-bond acceptors (Lipinski definition) is 9. The minimum absolute atomic E-state index is 0.0323. The molecule has 0 N–H and O–H groups in total. The first kappa shape index (κ1) is 23.5. The van der Waals surface area contributed by atoms with Gasteiger partial charge >= 0.3 is 5.82 Å². The molecule has 2 aliphatic rings. The fourth-order valence-electron chi connectivity index (χ4n) is 4.61. The number of aryl methyl sites for hydroxylation is 1. The predicted molar refractivity (Wildman–Crippen MR) is 124 cm³/mol. The number of rotatable bonds is 9. The number of pyridine rings is 1. The lowest BCUT2D eigenvalue weighted by Gasteiger charge is -2.26. The number of carbonyl (C=O) groups excluding carboxylic acids is 1. The molecule has 0 radical (unpaired) electrons. The number of aromatic nitrogens is 5. The number of nitrogens with zero attached hydrogens (tertiary/aromatic N) is 6. The lowest BCUT2D eigenvalue weighted by molar-refractivity contribution is -0.389. The van der Waals surface area contributed by atoms with Crippen LogP contribution >= 0.6 is 0 Å². The van der Waals surface area contributed by atoms with Gasteiger partial charge in [0.15, 0.2) is 15.6 Å². The van der Waals surface area contributed by atoms with Crippen molar-refractivity contribution in [2.45, 2.75) is 54.7 Å². The Morgan fingerprint density at radius 2 is 2.03 bits per heavy atom. The summed E-state index contributed by atoms with van der Waals surface area (Å²) in [6.45, 7) is 1.19. The van der Waals surface area contributed by atoms with E-state index in [1.54, 1.807) is 24.0 Å². The molecule has 0 spiro atoms. The topological polar surface area (TPSA) is 152 Å². The molecule has 0 aromatic carbocycles. The van der Waals surface area contributed by atoms with Gasteiger partial charge in [-0.1, -0.05) is 0 Å². The highest BCUT2D eigenvalue weighted by Crippen LogP contribution is 2.38. The Morgan fingerprint density at radius 1 is 1.29 bits per heavy atom. The third-order valence-electron chi connectivity index (χ3n) is 6.66. The molecule has 35 heavy (non-hydrogen) atoms. The van der Waals surface area contributed by atoms with Gasteiger partial charge in [0.1, 0.15) is 6.04 Å². The minimum Gasteiger partial charge on any atom is -0.381 e. The van der Waals surface area contributed by atoms with Crippen LogP contribution in [0, 0.1) is 16.0 Å². The van der Waals surface area contributed by atoms with Crippen molar-refractivity contribution in [2.24, 2.45) is 13.0 Å². The van der Waals surface area contributed by atoms with Gasteiger partial charge in [0.05, 0.1) is 39.9 Å². The number of ether oxygens (including phenoxy) is 1. The summed E-state index contributed by atoms with van der Waals surface area (Å²) in [5.74, 6) is -0.561. The van der Waals surface area contributed by atoms with E-state index < -0.39 is 31.9 Å². The van der Waals surface area contributed by atoms with E-state index >= 15 is 0 Å². The molecular weight excluding hydrogens is 476 g/mol. The SMILES string of the molecule is Cn1ccc(CC(=O)C(CC2CCOCC2)n2ncc3c(S(=O)(=O)C4CC4)cc([N+](=O)[O-])nc32)n1. The van der Waals surface area contributed by atoms with Crippen molar-refractivity contribution in [1.82, 2.24) is 24.5 Å². The normalized spacial score (nSPS) is 18.1. The van der Waals surface area contributed by atoms with Crippen LogP contribution in [0.3, 0.4) is 0 Å². The van der Waals surface area contributed by atoms with Gasteiger partial charge < -0.3 is 14.9 Å². The summed E-state index contributed by atoms with van der Waals surface area (Å²) in [6, 6.07) is 1.99. The van der Waals surface area contributed by atoms with E-state index in [0.717, 1.165) is 18.9 Å². The van der Waals surface area contributed by atoms with Crippen LogP contribution in [0.5, 0.6) is 0 Å². The standard InChI is InChI=1S/C22H26N6O6S/c1-26-7-4-15(25-26)11-19(29)18(10-14-5-8-34-9-6-14)27-22-17(13-23-27)20(12-21(24-22)28(30)31)35(32,33)16-2-3-16/h4,7,12-14,16,18H,2-3,5-6,8-11H2,1H3. The molecule has 3 aromatic rings. The molecule has 1 unspecified atom stereocenters. The molecule has 5 rings (SSSR count). The summed E-state index contributed by atoms with van der Waals surface area (Å²) in [4.78, 5) is 28.4. The van der Waals surface area contributed by atoms with Crippen LogP contribution in [0.2, 0.25) is 0 Å². The van der Waals surface area contributed by atoms with E-state index in [0.29, 0.717) is 38.2 Å². The van der Waals surface area contributed by atoms with Crippen LogP contribution in [-0.2, 0) is 32.8 Å². The van der Waals surface area contributed by atoms with Gasteiger partial charge in [-0.05, 0) is 54.0 Å². The number of carbonyl (C=O) groups is 1. The number of nitro groups is 1. The van der Waals surface area contributed by atoms with Crippen LogP contribution in [-0.4, -0.2) is 62.1 Å². The highest BCUT2D eigenvalue weighted by atomic mass is 32.2. The maximum atomic E-state index is 13.5. The first-order chi connectivity index (χ1) is 16.7. The van der Waals surface area contributed by atoms with Crippen molar-refractivity contribution < 1.29 is 22.9 Å². The lowest BCUT2D eigenvalue weighted by atomic mass is 9.90. The summed E-state index contributed by atoms with van der Waals surface area (Å²) in [7, 11) is -2.00. The molecule has 1 aliphatic carbocycles. The highest BCUT2D eigenvalue weighted by Gasteiger charge is 2.40. The molecule has 1 atom stereocenters. The van der Waals surface area contributed by atoms with Gasteiger partial charge in [0, 0.05) is 26.5 Å². The van der Waals surface area contributed by atoms with Gasteiger partial charge in [-0.25, -0.2) is 13.1 Å². The van der Waals surface area contributed by atoms with Crippen molar-refractivity contribution in [1.29, 1.82) is 0 Å². The third-order valence-corrected chi connectivity index (χ3v) is 8.96. The predicted octanol–water partition coefficient (Wildman–Crippen LogP) is 2.18. The lowest BCUT2D eigenvalue weighted by Crippen LogP contribution is -2.28. The number of fused-ring (bicyclic) bond motifs is 1. The van der Waals surface area contributed by atoms with Crippen molar-refractivity contribution >= 4 is 32.5 Å². The van der Waals surface area contributed by atoms with Crippen LogP contribution in [0.15, 0.2) is 29.4 Å². The zero-order chi connectivity index (χ0) is 24.7. The van der Waals surface area contributed by atoms with Crippen LogP contribution in [0.1, 0.15) is 43.8 Å². The van der Waals surface area contributed by atoms with Crippen LogP contribution < -0.4 is 0 Å². The fraction of sp³-hybridized carbons (Fsp3) is 0.545. The number of hydrogen-bond donors (Lipinski definition) is 0. The summed E-state index contributed by atoms with van der Waals surface area (Å²) >= 11 is 0. The molecule has 0 bridgehead atoms. The second-order valence-electron chi connectivity index (χ2n) is 9.24. The summed E-state index contributed by atoms with van der Waals surface area (Å²) in [5.41, 5.74) is 0.631. The zero-order valence-electron chi connectivity index (χ0n) is 19.2. The number of ketones is 1. The van der Waals surface area contributed by atoms with Gasteiger partial charge in [-0.2, -0.15) is 10.2 Å². The number of sulfone groups is 1. The van der Waals surface area contributed by atoms with E-state index in [-0.39, 0.29) is 34.1 Å². The molecule has 13 heteroatoms. The average Bonchev–Trinajstić information content (AvgIpc) is 3.51. The molecular formula is C22H26N6O6S. The Morgan fingerprint density at radius 3 is 2.66 bits per heavy atom. The van der Waals surface area contributed by atoms with Crippen molar-refractivity contribution in [3.05, 3.63) is 40.3 Å². The van der Waals surface area contributed by atoms with Gasteiger partial charge in [0.2, 0.25) is 0 Å². The minimum atomic E-state index is -3.77. The first-order valence-corrected chi connectivity index (χ1v) is 13.1. The quantitative estimate of drug-likeness (QED) is 0.316. The Labute approximate surface area is 201 Å². The second-order valence-corrected chi connectivity index (χ2v) is 11.4. The van der Waals surface area contributed by atoms with E-state index in [9.17, 15) is 23.3 Å². The van der Waals surface area contributed by atoms with Crippen molar-refractivity contribution in [2.75, 3.05) is 13.2 Å². The van der Waals surface area contributed by atoms with E-state index in [1.165, 1.54) is 10.9 Å². The monoisotopic (exact) mass is 502 g/mol. The zero-order valence-corrected chi connectivity index (χ0v) is 20.1. The largest absolute Gasteiger partial charge is 0.381 e. The Hall–Kier alpha value is -3.19. The number of Topliss-reactive ketones (excluding diaryl/α,β-unsaturated/α-hetero) is 1. The molecule has 12 nitrogen and oxygen atoms in total. The average molecular weight is 503 g/mol. The molecule has 3 aromatic heterocycles. The second kappa shape index (κ2) is 9.11. The van der Waals surface area contributed by atoms with E-state index in [1.807, 2.05) is 0 Å². The van der Waals surface area contributed by atoms with Gasteiger partial charge in [-0.3, -0.25) is 9.48 Å². The van der Waals surface area contributed by atoms with Crippen LogP contribution in [0.4, 0.5) is 5.82 Å². The molecule has 1 saturated carbocycles. The van der Waals surface area contributed by atoms with E-state index in [2.05, 4.69) is 15.2 Å². The first-order valence-electron chi connectivity index (χ1n) is 11.6. The molecule has 4 heterocycles. The maximum absolute atomic E-state index is 13.5. The van der Waals surface area contributed by atoms with Crippen LogP contribution in [0.25, 0.3) is 11.0 Å². The summed E-state index contributed by atoms with van der Waals surface area (Å²) in [6.07, 6.45) is 6.19. The molecule has 0 amide bonds. The molecule has 1 aliphatic heterocycles. The molecule has 1 saturated heterocycles. The Bertz CT molecular complexity index is 1390. The smallest absolute Gasteiger partial charge is 0.367 e. The Balaban J connectivity index is 1.60. The summed E-state index contributed by atoms with van der Waals surface area (Å²) < 4.78 is 34.6. The maximum Gasteiger partial charge on any atom is 0.367 e. The Kier molecular flexibility index (Phi) is 6.13. The fourth-order valence-corrected chi connectivity index (χ4v) is 6.45. The highest BCUT2D eigenvalue weighted by molar-refractivity contribution is 7.92. The van der Waals surface area contributed by atoms with Crippen molar-refractivity contribution in [3.8, 4) is 0 Å².